The van der Waals surface area contributed by atoms with Gasteiger partial charge in [-0.05, 0) is 44.0 Å². The molecule has 0 spiro atoms. The van der Waals surface area contributed by atoms with E-state index in [9.17, 15) is 13.2 Å². The minimum Gasteiger partial charge on any atom is -0.339 e. The van der Waals surface area contributed by atoms with E-state index in [-0.39, 0.29) is 29.1 Å². The van der Waals surface area contributed by atoms with Crippen molar-refractivity contribution < 1.29 is 13.2 Å². The van der Waals surface area contributed by atoms with Crippen LogP contribution in [0.5, 0.6) is 0 Å². The molecule has 34 heavy (non-hydrogen) atoms. The quantitative estimate of drug-likeness (QED) is 0.462. The van der Waals surface area contributed by atoms with Gasteiger partial charge in [-0.2, -0.15) is 4.31 Å². The van der Waals surface area contributed by atoms with Gasteiger partial charge < -0.3 is 4.90 Å². The second-order valence-corrected chi connectivity index (χ2v) is 11.7. The summed E-state index contributed by atoms with van der Waals surface area (Å²) >= 11 is 1.40. The molecule has 3 aromatic rings. The Bertz CT molecular complexity index is 1250. The Morgan fingerprint density at radius 1 is 1.03 bits per heavy atom. The topological polar surface area (TPSA) is 101 Å². The fraction of sp³-hybridized carbons (Fsp3) is 0.391. The van der Waals surface area contributed by atoms with Crippen LogP contribution in [0, 0.1) is 0 Å². The van der Waals surface area contributed by atoms with Gasteiger partial charge in [-0.25, -0.2) is 8.42 Å². The molecule has 1 aromatic carbocycles. The van der Waals surface area contributed by atoms with Crippen LogP contribution < -0.4 is 0 Å². The molecule has 11 heteroatoms. The Balaban J connectivity index is 1.24. The van der Waals surface area contributed by atoms with Crippen molar-refractivity contribution in [1.29, 1.82) is 0 Å². The minimum absolute atomic E-state index is 0.0185. The Hall–Kier alpha value is -2.76. The fourth-order valence-electron chi connectivity index (χ4n) is 4.07. The lowest BCUT2D eigenvalue weighted by Gasteiger charge is -2.35. The molecule has 1 amide bonds. The SMILES string of the molecule is C[C@H](Sc1nnc(-c2cccnc2)n1C1CC1)C(=O)N1CCN(S(=O)(=O)c2ccccc2)CC1. The lowest BCUT2D eigenvalue weighted by Crippen LogP contribution is -2.52. The maximum absolute atomic E-state index is 13.2. The summed E-state index contributed by atoms with van der Waals surface area (Å²) in [7, 11) is -3.55. The molecule has 0 unspecified atom stereocenters. The van der Waals surface area contributed by atoms with E-state index in [1.54, 1.807) is 47.6 Å². The second kappa shape index (κ2) is 9.47. The van der Waals surface area contributed by atoms with Crippen LogP contribution in [0.15, 0.2) is 64.9 Å². The molecule has 1 atom stereocenters. The van der Waals surface area contributed by atoms with E-state index in [1.807, 2.05) is 19.1 Å². The van der Waals surface area contributed by atoms with Gasteiger partial charge in [0.2, 0.25) is 15.9 Å². The van der Waals surface area contributed by atoms with Crippen LogP contribution in [0.1, 0.15) is 25.8 Å². The number of carbonyl (C=O) groups is 1. The van der Waals surface area contributed by atoms with E-state index in [0.29, 0.717) is 19.1 Å². The van der Waals surface area contributed by atoms with Crippen LogP contribution in [0.2, 0.25) is 0 Å². The van der Waals surface area contributed by atoms with Crippen LogP contribution >= 0.6 is 11.8 Å². The molecule has 0 N–H and O–H groups in total. The van der Waals surface area contributed by atoms with E-state index in [1.165, 1.54) is 16.1 Å². The lowest BCUT2D eigenvalue weighted by atomic mass is 10.3. The van der Waals surface area contributed by atoms with Crippen LogP contribution in [0.3, 0.4) is 0 Å². The largest absolute Gasteiger partial charge is 0.339 e. The van der Waals surface area contributed by atoms with Crippen molar-refractivity contribution in [1.82, 2.24) is 29.0 Å². The van der Waals surface area contributed by atoms with Crippen molar-refractivity contribution in [2.24, 2.45) is 0 Å². The third-order valence-corrected chi connectivity index (χ3v) is 9.01. The van der Waals surface area contributed by atoms with Gasteiger partial charge in [-0.3, -0.25) is 14.3 Å². The monoisotopic (exact) mass is 498 g/mol. The van der Waals surface area contributed by atoms with Crippen molar-refractivity contribution in [2.75, 3.05) is 26.2 Å². The molecular formula is C23H26N6O3S2. The van der Waals surface area contributed by atoms with Gasteiger partial charge in [0.25, 0.3) is 0 Å². The third kappa shape index (κ3) is 4.59. The van der Waals surface area contributed by atoms with E-state index in [4.69, 9.17) is 0 Å². The van der Waals surface area contributed by atoms with Gasteiger partial charge in [0.15, 0.2) is 11.0 Å². The predicted molar refractivity (Wildman–Crippen MR) is 129 cm³/mol. The predicted octanol–water partition coefficient (Wildman–Crippen LogP) is 2.69. The number of carbonyl (C=O) groups excluding carboxylic acids is 1. The van der Waals surface area contributed by atoms with Crippen LogP contribution in [0.4, 0.5) is 0 Å². The normalized spacial score (nSPS) is 18.1. The summed E-state index contributed by atoms with van der Waals surface area (Å²) in [6.45, 7) is 3.17. The first kappa shape index (κ1) is 23.0. The molecule has 0 radical (unpaired) electrons. The molecule has 3 heterocycles. The summed E-state index contributed by atoms with van der Waals surface area (Å²) in [5.74, 6) is 0.757. The molecule has 2 fully saturated rings. The Morgan fingerprint density at radius 2 is 1.76 bits per heavy atom. The molecule has 2 aromatic heterocycles. The first-order valence-corrected chi connectivity index (χ1v) is 13.6. The zero-order chi connectivity index (χ0) is 23.7. The number of aromatic nitrogens is 4. The maximum Gasteiger partial charge on any atom is 0.243 e. The molecule has 9 nitrogen and oxygen atoms in total. The van der Waals surface area contributed by atoms with Crippen molar-refractivity contribution in [3.05, 3.63) is 54.9 Å². The highest BCUT2D eigenvalue weighted by molar-refractivity contribution is 8.00. The Kier molecular flexibility index (Phi) is 6.41. The van der Waals surface area contributed by atoms with Crippen molar-refractivity contribution in [2.45, 2.75) is 41.1 Å². The van der Waals surface area contributed by atoms with E-state index >= 15 is 0 Å². The van der Waals surface area contributed by atoms with Crippen LogP contribution in [-0.2, 0) is 14.8 Å². The number of thioether (sulfide) groups is 1. The van der Waals surface area contributed by atoms with Gasteiger partial charge in [-0.1, -0.05) is 30.0 Å². The molecule has 178 valence electrons. The van der Waals surface area contributed by atoms with E-state index < -0.39 is 10.0 Å². The Morgan fingerprint density at radius 3 is 2.41 bits per heavy atom. The zero-order valence-corrected chi connectivity index (χ0v) is 20.5. The lowest BCUT2D eigenvalue weighted by molar-refractivity contribution is -0.131. The number of sulfonamides is 1. The molecular weight excluding hydrogens is 472 g/mol. The fourth-order valence-corrected chi connectivity index (χ4v) is 6.51. The van der Waals surface area contributed by atoms with Gasteiger partial charge in [0, 0.05) is 50.2 Å². The van der Waals surface area contributed by atoms with Crippen LogP contribution in [0.25, 0.3) is 11.4 Å². The van der Waals surface area contributed by atoms with Crippen LogP contribution in [-0.4, -0.2) is 74.7 Å². The average molecular weight is 499 g/mol. The first-order chi connectivity index (χ1) is 16.4. The highest BCUT2D eigenvalue weighted by Crippen LogP contribution is 2.41. The number of nitrogens with zero attached hydrogens (tertiary/aromatic N) is 6. The number of hydrogen-bond donors (Lipinski definition) is 0. The number of rotatable bonds is 7. The molecule has 1 aliphatic heterocycles. The summed E-state index contributed by atoms with van der Waals surface area (Å²) in [5.41, 5.74) is 0.906. The summed E-state index contributed by atoms with van der Waals surface area (Å²) in [6, 6.07) is 12.6. The summed E-state index contributed by atoms with van der Waals surface area (Å²) in [4.78, 5) is 19.4. The minimum atomic E-state index is -3.55. The number of pyridine rings is 1. The Labute approximate surface area is 203 Å². The number of hydrogen-bond acceptors (Lipinski definition) is 7. The first-order valence-electron chi connectivity index (χ1n) is 11.3. The molecule has 1 saturated carbocycles. The molecule has 1 aliphatic carbocycles. The van der Waals surface area contributed by atoms with E-state index in [0.717, 1.165) is 29.4 Å². The van der Waals surface area contributed by atoms with Gasteiger partial charge in [-0.15, -0.1) is 10.2 Å². The van der Waals surface area contributed by atoms with Gasteiger partial charge in [0.05, 0.1) is 10.1 Å². The standard InChI is InChI=1S/C23H26N6O3S2/c1-17(33-23-26-25-21(29(23)19-9-10-19)18-6-5-11-24-16-18)22(30)27-12-14-28(15-13-27)34(31,32)20-7-3-2-4-8-20/h2-8,11,16-17,19H,9-10,12-15H2,1H3/t17-/m0/s1. The summed E-state index contributed by atoms with van der Waals surface area (Å²) in [5, 5.41) is 9.15. The molecule has 1 saturated heterocycles. The van der Waals surface area contributed by atoms with Crippen molar-refractivity contribution in [3.63, 3.8) is 0 Å². The smallest absolute Gasteiger partial charge is 0.243 e. The van der Waals surface area contributed by atoms with Gasteiger partial charge in [0.1, 0.15) is 0 Å². The maximum atomic E-state index is 13.2. The third-order valence-electron chi connectivity index (χ3n) is 6.06. The highest BCUT2D eigenvalue weighted by Gasteiger charge is 2.34. The molecule has 2 aliphatic rings. The summed E-state index contributed by atoms with van der Waals surface area (Å²) < 4.78 is 29.3. The average Bonchev–Trinajstić information content (AvgIpc) is 3.64. The summed E-state index contributed by atoms with van der Waals surface area (Å²) in [6.07, 6.45) is 5.63. The number of amides is 1. The molecule has 5 rings (SSSR count). The van der Waals surface area contributed by atoms with E-state index in [2.05, 4.69) is 19.7 Å². The zero-order valence-electron chi connectivity index (χ0n) is 18.8. The molecule has 0 bridgehead atoms. The number of piperazine rings is 1. The second-order valence-electron chi connectivity index (χ2n) is 8.45. The van der Waals surface area contributed by atoms with Gasteiger partial charge >= 0.3 is 0 Å². The van der Waals surface area contributed by atoms with Crippen molar-refractivity contribution in [3.8, 4) is 11.4 Å². The number of benzene rings is 1. The highest BCUT2D eigenvalue weighted by atomic mass is 32.2. The van der Waals surface area contributed by atoms with Crippen molar-refractivity contribution >= 4 is 27.7 Å².